The fourth-order valence-corrected chi connectivity index (χ4v) is 3.10. The lowest BCUT2D eigenvalue weighted by molar-refractivity contribution is 0.448. The van der Waals surface area contributed by atoms with Gasteiger partial charge in [0.15, 0.2) is 0 Å². The Bertz CT molecular complexity index is 783. The molecule has 0 saturated carbocycles. The van der Waals surface area contributed by atoms with Crippen molar-refractivity contribution >= 4 is 38.8 Å². The molecule has 0 fully saturated rings. The second-order valence-electron chi connectivity index (χ2n) is 4.77. The number of halogens is 1. The first-order chi connectivity index (χ1) is 10.0. The zero-order chi connectivity index (χ0) is 15.0. The Morgan fingerprint density at radius 2 is 1.90 bits per heavy atom. The molecule has 6 heteroatoms. The molecule has 21 heavy (non-hydrogen) atoms. The Morgan fingerprint density at radius 1 is 1.19 bits per heavy atom. The van der Waals surface area contributed by atoms with Crippen molar-refractivity contribution < 1.29 is 10.2 Å². The maximum atomic E-state index is 9.58. The van der Waals surface area contributed by atoms with Gasteiger partial charge in [-0.2, -0.15) is 0 Å². The first-order valence-electron chi connectivity index (χ1n) is 6.36. The molecule has 0 amide bonds. The quantitative estimate of drug-likeness (QED) is 0.663. The summed E-state index contributed by atoms with van der Waals surface area (Å²) >= 11 is 7.81. The summed E-state index contributed by atoms with van der Waals surface area (Å²) < 4.78 is 1.05. The maximum Gasteiger partial charge on any atom is 0.119 e. The molecular formula is C15H13ClN2O2S. The van der Waals surface area contributed by atoms with Crippen LogP contribution in [-0.2, 0) is 0 Å². The average Bonchev–Trinajstić information content (AvgIpc) is 2.89. The van der Waals surface area contributed by atoms with Crippen LogP contribution in [0, 0.1) is 0 Å². The van der Waals surface area contributed by atoms with E-state index in [-0.39, 0.29) is 17.5 Å². The van der Waals surface area contributed by atoms with Gasteiger partial charge in [-0.3, -0.25) is 0 Å². The minimum Gasteiger partial charge on any atom is -0.508 e. The van der Waals surface area contributed by atoms with Gasteiger partial charge in [-0.05, 0) is 36.8 Å². The number of rotatable bonds is 3. The lowest BCUT2D eigenvalue weighted by Gasteiger charge is -2.17. The molecule has 0 aliphatic carbocycles. The summed E-state index contributed by atoms with van der Waals surface area (Å²) in [5.74, 6) is 0.0493. The lowest BCUT2D eigenvalue weighted by Crippen LogP contribution is -2.07. The third kappa shape index (κ3) is 2.75. The van der Waals surface area contributed by atoms with Crippen LogP contribution in [0.5, 0.6) is 11.5 Å². The van der Waals surface area contributed by atoms with Crippen LogP contribution in [0.2, 0.25) is 5.02 Å². The second kappa shape index (κ2) is 5.42. The van der Waals surface area contributed by atoms with Gasteiger partial charge in [0.25, 0.3) is 0 Å². The van der Waals surface area contributed by atoms with E-state index < -0.39 is 0 Å². The van der Waals surface area contributed by atoms with Gasteiger partial charge in [-0.25, -0.2) is 4.98 Å². The predicted octanol–water partition coefficient (Wildman–Crippen LogP) is 4.53. The number of nitrogens with one attached hydrogen (secondary N) is 1. The highest BCUT2D eigenvalue weighted by Gasteiger charge is 2.14. The van der Waals surface area contributed by atoms with Crippen LogP contribution in [0.15, 0.2) is 35.8 Å². The number of hydrogen-bond donors (Lipinski definition) is 3. The number of anilines is 1. The minimum atomic E-state index is -0.146. The number of benzene rings is 2. The summed E-state index contributed by atoms with van der Waals surface area (Å²) in [6.45, 7) is 1.93. The van der Waals surface area contributed by atoms with Gasteiger partial charge in [0.05, 0.1) is 20.9 Å². The molecule has 0 aliphatic rings. The zero-order valence-electron chi connectivity index (χ0n) is 11.2. The Morgan fingerprint density at radius 3 is 2.62 bits per heavy atom. The molecule has 108 valence electrons. The van der Waals surface area contributed by atoms with Crippen LogP contribution in [-0.4, -0.2) is 15.2 Å². The van der Waals surface area contributed by atoms with Gasteiger partial charge in [0.2, 0.25) is 0 Å². The van der Waals surface area contributed by atoms with Crippen molar-refractivity contribution in [3.8, 4) is 11.5 Å². The first kappa shape index (κ1) is 14.0. The summed E-state index contributed by atoms with van der Waals surface area (Å²) in [5.41, 5.74) is 4.11. The van der Waals surface area contributed by atoms with E-state index in [2.05, 4.69) is 10.3 Å². The predicted molar refractivity (Wildman–Crippen MR) is 86.4 cm³/mol. The Kier molecular flexibility index (Phi) is 3.61. The summed E-state index contributed by atoms with van der Waals surface area (Å²) in [6.07, 6.45) is 0. The Balaban J connectivity index is 1.97. The molecular weight excluding hydrogens is 308 g/mol. The van der Waals surface area contributed by atoms with Gasteiger partial charge < -0.3 is 15.5 Å². The summed E-state index contributed by atoms with van der Waals surface area (Å²) in [7, 11) is 0. The topological polar surface area (TPSA) is 65.4 Å². The fraction of sp³-hybridized carbons (Fsp3) is 0.133. The van der Waals surface area contributed by atoms with E-state index in [1.165, 1.54) is 6.07 Å². The van der Waals surface area contributed by atoms with Gasteiger partial charge in [0.1, 0.15) is 17.0 Å². The van der Waals surface area contributed by atoms with Gasteiger partial charge in [0, 0.05) is 12.1 Å². The van der Waals surface area contributed by atoms with E-state index in [0.717, 1.165) is 21.5 Å². The van der Waals surface area contributed by atoms with Crippen LogP contribution in [0.4, 0.5) is 5.69 Å². The van der Waals surface area contributed by atoms with Crippen molar-refractivity contribution in [1.82, 2.24) is 4.98 Å². The van der Waals surface area contributed by atoms with E-state index >= 15 is 0 Å². The standard InChI is InChI=1S/C15H13ClN2O2S/c1-8(9-4-10(19)6-11(20)5-9)18-14-12(16)2-3-13-15(14)17-7-21-13/h2-8,18-20H,1H3. The highest BCUT2D eigenvalue weighted by molar-refractivity contribution is 7.16. The van der Waals surface area contributed by atoms with Crippen LogP contribution >= 0.6 is 22.9 Å². The number of phenols is 2. The molecule has 1 heterocycles. The minimum absolute atomic E-state index is 0.0246. The van der Waals surface area contributed by atoms with Crippen LogP contribution in [0.3, 0.4) is 0 Å². The average molecular weight is 321 g/mol. The normalized spacial score (nSPS) is 12.5. The molecule has 3 rings (SSSR count). The van der Waals surface area contributed by atoms with Crippen molar-refractivity contribution in [3.63, 3.8) is 0 Å². The van der Waals surface area contributed by atoms with Crippen LogP contribution in [0.1, 0.15) is 18.5 Å². The van der Waals surface area contributed by atoms with Crippen molar-refractivity contribution in [2.45, 2.75) is 13.0 Å². The molecule has 1 atom stereocenters. The molecule has 1 unspecified atom stereocenters. The van der Waals surface area contributed by atoms with E-state index in [1.807, 2.05) is 19.1 Å². The molecule has 1 aromatic heterocycles. The van der Waals surface area contributed by atoms with Gasteiger partial charge >= 0.3 is 0 Å². The summed E-state index contributed by atoms with van der Waals surface area (Å²) in [6, 6.07) is 8.12. The molecule has 3 N–H and O–H groups in total. The van der Waals surface area contributed by atoms with Crippen molar-refractivity contribution in [1.29, 1.82) is 0 Å². The smallest absolute Gasteiger partial charge is 0.119 e. The number of nitrogens with zero attached hydrogens (tertiary/aromatic N) is 1. The van der Waals surface area contributed by atoms with Crippen LogP contribution in [0.25, 0.3) is 10.2 Å². The van der Waals surface area contributed by atoms with Crippen molar-refractivity contribution in [2.24, 2.45) is 0 Å². The van der Waals surface area contributed by atoms with Crippen molar-refractivity contribution in [3.05, 3.63) is 46.4 Å². The van der Waals surface area contributed by atoms with E-state index in [0.29, 0.717) is 5.02 Å². The SMILES string of the molecule is CC(Nc1c(Cl)ccc2scnc12)c1cc(O)cc(O)c1. The second-order valence-corrected chi connectivity index (χ2v) is 6.06. The molecule has 2 aromatic carbocycles. The van der Waals surface area contributed by atoms with E-state index in [1.54, 1.807) is 29.0 Å². The Labute approximate surface area is 130 Å². The molecule has 3 aromatic rings. The number of thiazole rings is 1. The molecule has 0 spiro atoms. The van der Waals surface area contributed by atoms with Crippen LogP contribution < -0.4 is 5.32 Å². The number of hydrogen-bond acceptors (Lipinski definition) is 5. The van der Waals surface area contributed by atoms with E-state index in [4.69, 9.17) is 11.6 Å². The number of aromatic hydroxyl groups is 2. The first-order valence-corrected chi connectivity index (χ1v) is 7.61. The monoisotopic (exact) mass is 320 g/mol. The summed E-state index contributed by atoms with van der Waals surface area (Å²) in [5, 5.41) is 23.0. The highest BCUT2D eigenvalue weighted by Crippen LogP contribution is 2.35. The molecule has 0 bridgehead atoms. The summed E-state index contributed by atoms with van der Waals surface area (Å²) in [4.78, 5) is 4.33. The van der Waals surface area contributed by atoms with Gasteiger partial charge in [-0.15, -0.1) is 11.3 Å². The molecule has 0 radical (unpaired) electrons. The third-order valence-electron chi connectivity index (χ3n) is 3.24. The number of fused-ring (bicyclic) bond motifs is 1. The number of aromatic nitrogens is 1. The molecule has 0 aliphatic heterocycles. The highest BCUT2D eigenvalue weighted by atomic mass is 35.5. The number of phenolic OH excluding ortho intramolecular Hbond substituents is 2. The van der Waals surface area contributed by atoms with Gasteiger partial charge in [-0.1, -0.05) is 11.6 Å². The third-order valence-corrected chi connectivity index (χ3v) is 4.35. The largest absolute Gasteiger partial charge is 0.508 e. The zero-order valence-corrected chi connectivity index (χ0v) is 12.7. The fourth-order valence-electron chi connectivity index (χ4n) is 2.21. The molecule has 4 nitrogen and oxygen atoms in total. The Hall–Kier alpha value is -1.98. The lowest BCUT2D eigenvalue weighted by atomic mass is 10.1. The van der Waals surface area contributed by atoms with Crippen molar-refractivity contribution in [2.75, 3.05) is 5.32 Å². The van der Waals surface area contributed by atoms with E-state index in [9.17, 15) is 10.2 Å². The molecule has 0 saturated heterocycles. The maximum absolute atomic E-state index is 9.58.